The van der Waals surface area contributed by atoms with E-state index in [2.05, 4.69) is 28.5 Å². The summed E-state index contributed by atoms with van der Waals surface area (Å²) in [6.45, 7) is 1.90. The summed E-state index contributed by atoms with van der Waals surface area (Å²) in [7, 11) is 0. The molecule has 1 aromatic carbocycles. The van der Waals surface area contributed by atoms with E-state index in [4.69, 9.17) is 16.6 Å². The molecule has 0 amide bonds. The minimum atomic E-state index is 0.121. The highest BCUT2D eigenvalue weighted by atomic mass is 35.5. The third-order valence-corrected chi connectivity index (χ3v) is 6.39. The fourth-order valence-electron chi connectivity index (χ4n) is 4.69. The molecule has 2 aliphatic rings. The van der Waals surface area contributed by atoms with E-state index < -0.39 is 0 Å². The third-order valence-electron chi connectivity index (χ3n) is 6.17. The standard InChI is InChI=1S/C23H23ClN4O/c24-21-6-5-15(13-26-21)11-16-12-20-22(19-4-2-1-3-18(16)19)27-14-28(23(20)29)17-7-9-25-10-8-17/h1-6,13-14,16-17,25H,7-12H2. The van der Waals surface area contributed by atoms with E-state index in [0.29, 0.717) is 11.6 Å². The quantitative estimate of drug-likeness (QED) is 0.673. The molecule has 29 heavy (non-hydrogen) atoms. The fourth-order valence-corrected chi connectivity index (χ4v) is 4.80. The van der Waals surface area contributed by atoms with Crippen molar-refractivity contribution < 1.29 is 0 Å². The average molecular weight is 407 g/mol. The van der Waals surface area contributed by atoms with Crippen molar-refractivity contribution in [3.05, 3.63) is 81.1 Å². The Morgan fingerprint density at radius 2 is 1.93 bits per heavy atom. The van der Waals surface area contributed by atoms with Crippen molar-refractivity contribution in [3.8, 4) is 11.3 Å². The van der Waals surface area contributed by atoms with Gasteiger partial charge in [-0.15, -0.1) is 0 Å². The first-order valence-electron chi connectivity index (χ1n) is 10.2. The minimum Gasteiger partial charge on any atom is -0.317 e. The lowest BCUT2D eigenvalue weighted by atomic mass is 9.78. The number of rotatable bonds is 3. The molecule has 1 unspecified atom stereocenters. The van der Waals surface area contributed by atoms with Crippen LogP contribution in [0.2, 0.25) is 5.15 Å². The summed E-state index contributed by atoms with van der Waals surface area (Å²) in [5.74, 6) is 0.222. The van der Waals surface area contributed by atoms with Gasteiger partial charge in [0, 0.05) is 23.4 Å². The maximum atomic E-state index is 13.4. The second kappa shape index (κ2) is 7.73. The Morgan fingerprint density at radius 3 is 2.72 bits per heavy atom. The van der Waals surface area contributed by atoms with E-state index in [1.54, 1.807) is 6.33 Å². The predicted octanol–water partition coefficient (Wildman–Crippen LogP) is 3.77. The first-order chi connectivity index (χ1) is 14.2. The molecule has 0 bridgehead atoms. The van der Waals surface area contributed by atoms with Crippen LogP contribution in [0, 0.1) is 0 Å². The molecule has 1 fully saturated rings. The zero-order chi connectivity index (χ0) is 19.8. The van der Waals surface area contributed by atoms with Crippen LogP contribution in [0.3, 0.4) is 0 Å². The van der Waals surface area contributed by atoms with Crippen molar-refractivity contribution in [2.75, 3.05) is 13.1 Å². The molecular weight excluding hydrogens is 384 g/mol. The number of nitrogens with zero attached hydrogens (tertiary/aromatic N) is 3. The van der Waals surface area contributed by atoms with Gasteiger partial charge < -0.3 is 5.32 Å². The van der Waals surface area contributed by atoms with Gasteiger partial charge in [-0.3, -0.25) is 9.36 Å². The summed E-state index contributed by atoms with van der Waals surface area (Å²) in [6.07, 6.45) is 7.05. The van der Waals surface area contributed by atoms with E-state index in [0.717, 1.165) is 54.7 Å². The van der Waals surface area contributed by atoms with Crippen LogP contribution in [0.25, 0.3) is 11.3 Å². The molecule has 1 aliphatic heterocycles. The predicted molar refractivity (Wildman–Crippen MR) is 114 cm³/mol. The summed E-state index contributed by atoms with van der Waals surface area (Å²) >= 11 is 5.95. The minimum absolute atomic E-state index is 0.121. The van der Waals surface area contributed by atoms with Crippen LogP contribution >= 0.6 is 11.6 Å². The van der Waals surface area contributed by atoms with Gasteiger partial charge >= 0.3 is 0 Å². The SMILES string of the molecule is O=c1c2c(ncn1C1CCNCC1)-c1ccccc1C(Cc1ccc(Cl)nc1)C2. The zero-order valence-electron chi connectivity index (χ0n) is 16.1. The maximum Gasteiger partial charge on any atom is 0.257 e. The highest BCUT2D eigenvalue weighted by Crippen LogP contribution is 2.39. The molecule has 1 N–H and O–H groups in total. The lowest BCUT2D eigenvalue weighted by molar-refractivity contribution is 0.356. The molecule has 0 radical (unpaired) electrons. The summed E-state index contributed by atoms with van der Waals surface area (Å²) in [6, 6.07) is 12.4. The molecule has 6 heteroatoms. The normalized spacial score (nSPS) is 18.9. The summed E-state index contributed by atoms with van der Waals surface area (Å²) in [5, 5.41) is 3.86. The van der Waals surface area contributed by atoms with Crippen molar-refractivity contribution in [2.24, 2.45) is 0 Å². The zero-order valence-corrected chi connectivity index (χ0v) is 16.9. The van der Waals surface area contributed by atoms with Gasteiger partial charge in [0.1, 0.15) is 5.15 Å². The Morgan fingerprint density at radius 1 is 1.10 bits per heavy atom. The number of benzene rings is 1. The van der Waals surface area contributed by atoms with Gasteiger partial charge in [0.05, 0.1) is 12.0 Å². The van der Waals surface area contributed by atoms with Crippen LogP contribution in [0.15, 0.2) is 53.7 Å². The Kier molecular flexibility index (Phi) is 4.94. The molecule has 5 nitrogen and oxygen atoms in total. The Hall–Kier alpha value is -2.50. The molecule has 1 atom stereocenters. The van der Waals surface area contributed by atoms with Gasteiger partial charge in [0.25, 0.3) is 5.56 Å². The van der Waals surface area contributed by atoms with Crippen molar-refractivity contribution in [1.82, 2.24) is 19.9 Å². The summed E-state index contributed by atoms with van der Waals surface area (Å²) in [5.41, 5.74) is 5.27. The molecule has 1 saturated heterocycles. The lowest BCUT2D eigenvalue weighted by Crippen LogP contribution is -2.36. The Labute approximate surface area is 174 Å². The van der Waals surface area contributed by atoms with Gasteiger partial charge in [-0.25, -0.2) is 9.97 Å². The molecule has 2 aromatic heterocycles. The van der Waals surface area contributed by atoms with E-state index in [1.165, 1.54) is 5.56 Å². The third kappa shape index (κ3) is 3.49. The fraction of sp³-hybridized carbons (Fsp3) is 0.348. The first kappa shape index (κ1) is 18.5. The number of halogens is 1. The number of hydrogen-bond donors (Lipinski definition) is 1. The van der Waals surface area contributed by atoms with Crippen LogP contribution < -0.4 is 10.9 Å². The van der Waals surface area contributed by atoms with Gasteiger partial charge in [-0.1, -0.05) is 41.9 Å². The van der Waals surface area contributed by atoms with Crippen molar-refractivity contribution in [2.45, 2.75) is 37.6 Å². The molecule has 1 aliphatic carbocycles. The molecule has 3 aromatic rings. The van der Waals surface area contributed by atoms with Crippen LogP contribution in [0.5, 0.6) is 0 Å². The van der Waals surface area contributed by atoms with Gasteiger partial charge in [0.15, 0.2) is 0 Å². The smallest absolute Gasteiger partial charge is 0.257 e. The number of aromatic nitrogens is 3. The Balaban J connectivity index is 1.56. The van der Waals surface area contributed by atoms with E-state index >= 15 is 0 Å². The van der Waals surface area contributed by atoms with Gasteiger partial charge in [-0.05, 0) is 61.9 Å². The molecule has 0 saturated carbocycles. The largest absolute Gasteiger partial charge is 0.317 e. The summed E-state index contributed by atoms with van der Waals surface area (Å²) in [4.78, 5) is 22.4. The van der Waals surface area contributed by atoms with Crippen molar-refractivity contribution >= 4 is 11.6 Å². The monoisotopic (exact) mass is 406 g/mol. The molecular formula is C23H23ClN4O. The van der Waals surface area contributed by atoms with Crippen LogP contribution in [0.1, 0.15) is 41.5 Å². The van der Waals surface area contributed by atoms with Crippen molar-refractivity contribution in [1.29, 1.82) is 0 Å². The highest BCUT2D eigenvalue weighted by Gasteiger charge is 2.29. The highest BCUT2D eigenvalue weighted by molar-refractivity contribution is 6.29. The number of fused-ring (bicyclic) bond motifs is 3. The molecule has 0 spiro atoms. The first-order valence-corrected chi connectivity index (χ1v) is 10.6. The van der Waals surface area contributed by atoms with E-state index in [-0.39, 0.29) is 17.5 Å². The van der Waals surface area contributed by atoms with Crippen molar-refractivity contribution in [3.63, 3.8) is 0 Å². The van der Waals surface area contributed by atoms with Crippen LogP contribution in [0.4, 0.5) is 0 Å². The topological polar surface area (TPSA) is 59.8 Å². The van der Waals surface area contributed by atoms with E-state index in [1.807, 2.05) is 29.0 Å². The second-order valence-corrected chi connectivity index (χ2v) is 8.33. The molecule has 5 rings (SSSR count). The van der Waals surface area contributed by atoms with E-state index in [9.17, 15) is 4.79 Å². The number of nitrogens with one attached hydrogen (secondary N) is 1. The maximum absolute atomic E-state index is 13.4. The van der Waals surface area contributed by atoms with Crippen LogP contribution in [-0.4, -0.2) is 27.6 Å². The summed E-state index contributed by atoms with van der Waals surface area (Å²) < 4.78 is 1.87. The van der Waals surface area contributed by atoms with Gasteiger partial charge in [0.2, 0.25) is 0 Å². The molecule has 148 valence electrons. The number of pyridine rings is 1. The van der Waals surface area contributed by atoms with Gasteiger partial charge in [-0.2, -0.15) is 0 Å². The lowest BCUT2D eigenvalue weighted by Gasteiger charge is -2.29. The second-order valence-electron chi connectivity index (χ2n) is 7.95. The van der Waals surface area contributed by atoms with Crippen LogP contribution in [-0.2, 0) is 12.8 Å². The Bertz CT molecular complexity index is 1090. The average Bonchev–Trinajstić information content (AvgIpc) is 2.77. The number of hydrogen-bond acceptors (Lipinski definition) is 4. The number of piperidine rings is 1. The molecule has 3 heterocycles.